The van der Waals surface area contributed by atoms with E-state index in [-0.39, 0.29) is 6.10 Å². The quantitative estimate of drug-likeness (QED) is 0.743. The minimum atomic E-state index is 0.272. The van der Waals surface area contributed by atoms with Crippen molar-refractivity contribution in [2.45, 2.75) is 23.8 Å². The van der Waals surface area contributed by atoms with Crippen molar-refractivity contribution in [1.82, 2.24) is 0 Å². The van der Waals surface area contributed by atoms with Gasteiger partial charge in [0.25, 0.3) is 0 Å². The Balaban J connectivity index is 2.29. The third-order valence-corrected chi connectivity index (χ3v) is 3.77. The van der Waals surface area contributed by atoms with E-state index in [2.05, 4.69) is 46.3 Å². The highest BCUT2D eigenvalue weighted by molar-refractivity contribution is 9.09. The van der Waals surface area contributed by atoms with Gasteiger partial charge in [-0.2, -0.15) is 0 Å². The fourth-order valence-electron chi connectivity index (χ4n) is 1.95. The fourth-order valence-corrected chi connectivity index (χ4v) is 2.63. The maximum atomic E-state index is 5.39. The molecule has 1 aliphatic rings. The second kappa shape index (κ2) is 4.95. The Morgan fingerprint density at radius 1 is 1.20 bits per heavy atom. The third-order valence-electron chi connectivity index (χ3n) is 2.82. The summed E-state index contributed by atoms with van der Waals surface area (Å²) in [6.45, 7) is 0. The molecular formula is C13H15BrO. The van der Waals surface area contributed by atoms with Crippen molar-refractivity contribution in [3.05, 3.63) is 42.0 Å². The second-order valence-electron chi connectivity index (χ2n) is 3.81. The molecule has 80 valence electrons. The molecule has 0 aliphatic heterocycles. The number of benzene rings is 1. The minimum Gasteiger partial charge on any atom is -0.377 e. The molecule has 0 radical (unpaired) electrons. The molecular weight excluding hydrogens is 252 g/mol. The maximum Gasteiger partial charge on any atom is 0.0758 e. The van der Waals surface area contributed by atoms with Crippen LogP contribution in [0.5, 0.6) is 0 Å². The van der Waals surface area contributed by atoms with Crippen molar-refractivity contribution in [3.8, 4) is 0 Å². The van der Waals surface area contributed by atoms with Gasteiger partial charge in [0.1, 0.15) is 0 Å². The van der Waals surface area contributed by atoms with Gasteiger partial charge in [-0.15, -0.1) is 0 Å². The topological polar surface area (TPSA) is 9.23 Å². The molecule has 0 bridgehead atoms. The Labute approximate surface area is 99.3 Å². The summed E-state index contributed by atoms with van der Waals surface area (Å²) >= 11 is 3.72. The molecule has 0 fully saturated rings. The average molecular weight is 267 g/mol. The van der Waals surface area contributed by atoms with Gasteiger partial charge < -0.3 is 4.74 Å². The number of hydrogen-bond donors (Lipinski definition) is 0. The lowest BCUT2D eigenvalue weighted by Gasteiger charge is -2.24. The molecule has 1 aliphatic carbocycles. The van der Waals surface area contributed by atoms with Crippen molar-refractivity contribution < 1.29 is 4.74 Å². The maximum absolute atomic E-state index is 5.39. The van der Waals surface area contributed by atoms with Gasteiger partial charge in [0.05, 0.1) is 6.10 Å². The van der Waals surface area contributed by atoms with Gasteiger partial charge in [0, 0.05) is 11.9 Å². The first-order valence-corrected chi connectivity index (χ1v) is 6.17. The molecule has 0 saturated carbocycles. The average Bonchev–Trinajstić information content (AvgIpc) is 2.31. The molecule has 2 unspecified atom stereocenters. The first-order valence-electron chi connectivity index (χ1n) is 5.25. The summed E-state index contributed by atoms with van der Waals surface area (Å²) in [6, 6.07) is 10.5. The zero-order valence-electron chi connectivity index (χ0n) is 8.82. The predicted octanol–water partition coefficient (Wildman–Crippen LogP) is 3.64. The molecule has 2 atom stereocenters. The highest BCUT2D eigenvalue weighted by Crippen LogP contribution is 2.33. The van der Waals surface area contributed by atoms with Crippen LogP contribution in [0.25, 0.3) is 5.57 Å². The van der Waals surface area contributed by atoms with E-state index in [1.54, 1.807) is 7.11 Å². The lowest BCUT2D eigenvalue weighted by atomic mass is 9.92. The molecule has 1 aromatic carbocycles. The predicted molar refractivity (Wildman–Crippen MR) is 67.2 cm³/mol. The zero-order valence-corrected chi connectivity index (χ0v) is 10.4. The van der Waals surface area contributed by atoms with Crippen LogP contribution in [0.2, 0.25) is 0 Å². The van der Waals surface area contributed by atoms with E-state index in [1.807, 2.05) is 6.07 Å². The van der Waals surface area contributed by atoms with Crippen molar-refractivity contribution >= 4 is 21.5 Å². The van der Waals surface area contributed by atoms with Crippen molar-refractivity contribution in [2.75, 3.05) is 7.11 Å². The lowest BCUT2D eigenvalue weighted by molar-refractivity contribution is 0.130. The minimum absolute atomic E-state index is 0.272. The summed E-state index contributed by atoms with van der Waals surface area (Å²) in [4.78, 5) is 0.464. The largest absolute Gasteiger partial charge is 0.377 e. The summed E-state index contributed by atoms with van der Waals surface area (Å²) < 4.78 is 5.39. The standard InChI is InChI=1S/C13H15BrO/c1-15-11-7-8-13(14)12(9-11)10-5-3-2-4-6-10/h2-6,9,11,13H,7-8H2,1H3. The Kier molecular flexibility index (Phi) is 3.60. The van der Waals surface area contributed by atoms with Crippen molar-refractivity contribution in [1.29, 1.82) is 0 Å². The van der Waals surface area contributed by atoms with Gasteiger partial charge in [0.15, 0.2) is 0 Å². The zero-order chi connectivity index (χ0) is 10.7. The monoisotopic (exact) mass is 266 g/mol. The highest BCUT2D eigenvalue weighted by atomic mass is 79.9. The van der Waals surface area contributed by atoms with Crippen molar-refractivity contribution in [2.24, 2.45) is 0 Å². The molecule has 0 N–H and O–H groups in total. The number of methoxy groups -OCH3 is 1. The van der Waals surface area contributed by atoms with E-state index >= 15 is 0 Å². The van der Waals surface area contributed by atoms with Gasteiger partial charge in [-0.3, -0.25) is 0 Å². The van der Waals surface area contributed by atoms with Crippen LogP contribution in [-0.2, 0) is 4.74 Å². The van der Waals surface area contributed by atoms with E-state index in [0.29, 0.717) is 4.83 Å². The second-order valence-corrected chi connectivity index (χ2v) is 4.91. The Morgan fingerprint density at radius 3 is 2.60 bits per heavy atom. The normalized spacial score (nSPS) is 26.1. The summed E-state index contributed by atoms with van der Waals surface area (Å²) in [6.07, 6.45) is 4.74. The summed E-state index contributed by atoms with van der Waals surface area (Å²) in [7, 11) is 1.78. The number of halogens is 1. The van der Waals surface area contributed by atoms with Crippen LogP contribution in [0.3, 0.4) is 0 Å². The van der Waals surface area contributed by atoms with Crippen LogP contribution in [0, 0.1) is 0 Å². The molecule has 0 heterocycles. The molecule has 15 heavy (non-hydrogen) atoms. The van der Waals surface area contributed by atoms with Crippen molar-refractivity contribution in [3.63, 3.8) is 0 Å². The van der Waals surface area contributed by atoms with Crippen LogP contribution in [-0.4, -0.2) is 18.0 Å². The van der Waals surface area contributed by atoms with E-state index in [0.717, 1.165) is 12.8 Å². The SMILES string of the molecule is COC1C=C(c2ccccc2)C(Br)CC1. The highest BCUT2D eigenvalue weighted by Gasteiger charge is 2.21. The third kappa shape index (κ3) is 2.50. The number of hydrogen-bond acceptors (Lipinski definition) is 1. The fraction of sp³-hybridized carbons (Fsp3) is 0.385. The number of rotatable bonds is 2. The van der Waals surface area contributed by atoms with Crippen LogP contribution in [0.4, 0.5) is 0 Å². The number of alkyl halides is 1. The molecule has 0 aromatic heterocycles. The van der Waals surface area contributed by atoms with Gasteiger partial charge in [-0.25, -0.2) is 0 Å². The summed E-state index contributed by atoms with van der Waals surface area (Å²) in [5.74, 6) is 0. The Hall–Kier alpha value is -0.600. The van der Waals surface area contributed by atoms with Crippen LogP contribution in [0.15, 0.2) is 36.4 Å². The van der Waals surface area contributed by atoms with E-state index in [9.17, 15) is 0 Å². The van der Waals surface area contributed by atoms with Crippen LogP contribution < -0.4 is 0 Å². The van der Waals surface area contributed by atoms with Gasteiger partial charge in [0.2, 0.25) is 0 Å². The molecule has 0 amide bonds. The molecule has 0 spiro atoms. The summed E-state index contributed by atoms with van der Waals surface area (Å²) in [5, 5.41) is 0. The molecule has 1 aromatic rings. The first kappa shape index (κ1) is 10.9. The first-order chi connectivity index (χ1) is 7.31. The number of ether oxygens (including phenoxy) is 1. The van der Waals surface area contributed by atoms with Crippen LogP contribution in [0.1, 0.15) is 18.4 Å². The lowest BCUT2D eigenvalue weighted by Crippen LogP contribution is -2.18. The molecule has 2 rings (SSSR count). The van der Waals surface area contributed by atoms with E-state index in [1.165, 1.54) is 11.1 Å². The smallest absolute Gasteiger partial charge is 0.0758 e. The molecule has 0 saturated heterocycles. The molecule has 1 nitrogen and oxygen atoms in total. The number of allylic oxidation sites excluding steroid dienone is 1. The van der Waals surface area contributed by atoms with E-state index < -0.39 is 0 Å². The molecule has 2 heteroatoms. The summed E-state index contributed by atoms with van der Waals surface area (Å²) in [5.41, 5.74) is 2.65. The van der Waals surface area contributed by atoms with Gasteiger partial charge >= 0.3 is 0 Å². The Bertz CT molecular complexity index is 345. The van der Waals surface area contributed by atoms with Gasteiger partial charge in [-0.05, 0) is 24.0 Å². The van der Waals surface area contributed by atoms with Gasteiger partial charge in [-0.1, -0.05) is 52.3 Å². The van der Waals surface area contributed by atoms with Crippen LogP contribution >= 0.6 is 15.9 Å². The van der Waals surface area contributed by atoms with E-state index in [4.69, 9.17) is 4.74 Å². The Morgan fingerprint density at radius 2 is 1.93 bits per heavy atom.